The molecule has 1 unspecified atom stereocenters. The van der Waals surface area contributed by atoms with Gasteiger partial charge in [0.25, 0.3) is 0 Å². The molecule has 0 spiro atoms. The molecule has 0 saturated carbocycles. The largest absolute Gasteiger partial charge is 0.497 e. The highest BCUT2D eigenvalue weighted by Gasteiger charge is 2.30. The number of aliphatic hydroxyl groups excluding tert-OH is 1. The van der Waals surface area contributed by atoms with E-state index in [0.29, 0.717) is 11.4 Å². The Morgan fingerprint density at radius 1 is 1.18 bits per heavy atom. The van der Waals surface area contributed by atoms with Crippen LogP contribution in [0.15, 0.2) is 53.5 Å². The van der Waals surface area contributed by atoms with Crippen molar-refractivity contribution in [2.45, 2.75) is 12.3 Å². The van der Waals surface area contributed by atoms with E-state index in [0.717, 1.165) is 12.1 Å². The minimum atomic E-state index is -4.46. The van der Waals surface area contributed by atoms with E-state index in [1.54, 1.807) is 24.3 Å². The first-order valence-electron chi connectivity index (χ1n) is 7.97. The number of nitrogens with zero attached hydrogens (tertiary/aromatic N) is 1. The van der Waals surface area contributed by atoms with Gasteiger partial charge in [0, 0.05) is 11.8 Å². The number of anilines is 1. The fraction of sp³-hybridized carbons (Fsp3) is 0.278. The van der Waals surface area contributed by atoms with E-state index in [1.807, 2.05) is 0 Å². The highest BCUT2D eigenvalue weighted by Crippen LogP contribution is 2.31. The molecular formula is C18H21F3IN3O3. The van der Waals surface area contributed by atoms with Crippen LogP contribution in [0.4, 0.5) is 18.9 Å². The minimum absolute atomic E-state index is 0. The van der Waals surface area contributed by atoms with Gasteiger partial charge >= 0.3 is 6.18 Å². The van der Waals surface area contributed by atoms with E-state index in [1.165, 1.54) is 19.2 Å². The molecule has 154 valence electrons. The van der Waals surface area contributed by atoms with Crippen molar-refractivity contribution in [3.05, 3.63) is 54.1 Å². The number of halogens is 4. The van der Waals surface area contributed by atoms with Crippen molar-refractivity contribution >= 4 is 35.6 Å². The number of hydrogen-bond donors (Lipinski definition) is 3. The normalized spacial score (nSPS) is 12.7. The van der Waals surface area contributed by atoms with Gasteiger partial charge in [0.1, 0.15) is 24.2 Å². The molecule has 0 fully saturated rings. The number of alkyl halides is 3. The predicted molar refractivity (Wildman–Crippen MR) is 111 cm³/mol. The lowest BCUT2D eigenvalue weighted by atomic mass is 10.2. The van der Waals surface area contributed by atoms with Gasteiger partial charge in [0.15, 0.2) is 5.96 Å². The van der Waals surface area contributed by atoms with Crippen LogP contribution < -0.4 is 20.5 Å². The number of rotatable bonds is 7. The third kappa shape index (κ3) is 7.80. The van der Waals surface area contributed by atoms with Crippen LogP contribution in [0.1, 0.15) is 5.56 Å². The van der Waals surface area contributed by atoms with Gasteiger partial charge < -0.3 is 25.6 Å². The summed E-state index contributed by atoms with van der Waals surface area (Å²) >= 11 is 0. The number of aliphatic hydroxyl groups is 1. The summed E-state index contributed by atoms with van der Waals surface area (Å²) in [6, 6.07) is 11.4. The van der Waals surface area contributed by atoms with E-state index in [4.69, 9.17) is 15.2 Å². The standard InChI is InChI=1S/C18H20F3N3O3.HI/c1-26-15-6-3-5-13(9-15)24-17(22)23-10-14(25)11-27-16-7-2-4-12(8-16)18(19,20)21;/h2-9,14,25H,10-11H2,1H3,(H3,22,23,24);1H. The second-order valence-corrected chi connectivity index (χ2v) is 5.57. The summed E-state index contributed by atoms with van der Waals surface area (Å²) in [7, 11) is 1.54. The average molecular weight is 511 g/mol. The maximum Gasteiger partial charge on any atom is 0.416 e. The van der Waals surface area contributed by atoms with Crippen molar-refractivity contribution in [2.75, 3.05) is 25.6 Å². The Morgan fingerprint density at radius 3 is 2.54 bits per heavy atom. The molecule has 0 aliphatic heterocycles. The predicted octanol–water partition coefficient (Wildman–Crippen LogP) is 3.50. The number of hydrogen-bond acceptors (Lipinski definition) is 4. The number of methoxy groups -OCH3 is 1. The fourth-order valence-electron chi connectivity index (χ4n) is 2.10. The highest BCUT2D eigenvalue weighted by molar-refractivity contribution is 14.0. The van der Waals surface area contributed by atoms with E-state index in [2.05, 4.69) is 10.3 Å². The van der Waals surface area contributed by atoms with Crippen molar-refractivity contribution in [1.82, 2.24) is 0 Å². The highest BCUT2D eigenvalue weighted by atomic mass is 127. The third-order valence-electron chi connectivity index (χ3n) is 3.42. The van der Waals surface area contributed by atoms with Gasteiger partial charge in [-0.05, 0) is 30.3 Å². The number of guanidine groups is 1. The lowest BCUT2D eigenvalue weighted by molar-refractivity contribution is -0.137. The Morgan fingerprint density at radius 2 is 1.86 bits per heavy atom. The summed E-state index contributed by atoms with van der Waals surface area (Å²) in [4.78, 5) is 3.98. The van der Waals surface area contributed by atoms with Gasteiger partial charge in [-0.25, -0.2) is 0 Å². The molecule has 0 saturated heterocycles. The topological polar surface area (TPSA) is 89.1 Å². The van der Waals surface area contributed by atoms with Crippen LogP contribution in [-0.4, -0.2) is 37.4 Å². The smallest absolute Gasteiger partial charge is 0.416 e. The first-order chi connectivity index (χ1) is 12.8. The van der Waals surface area contributed by atoms with Gasteiger partial charge in [-0.1, -0.05) is 12.1 Å². The Bertz CT molecular complexity index is 788. The maximum atomic E-state index is 12.7. The summed E-state index contributed by atoms with van der Waals surface area (Å²) in [5.41, 5.74) is 5.58. The molecule has 0 aromatic heterocycles. The van der Waals surface area contributed by atoms with Crippen LogP contribution in [-0.2, 0) is 6.18 Å². The SMILES string of the molecule is COc1cccc(NC(N)=NCC(O)COc2cccc(C(F)(F)F)c2)c1.I. The zero-order chi connectivity index (χ0) is 19.9. The number of nitrogens with two attached hydrogens (primary N) is 1. The minimum Gasteiger partial charge on any atom is -0.497 e. The van der Waals surface area contributed by atoms with Gasteiger partial charge in [-0.2, -0.15) is 13.2 Å². The lowest BCUT2D eigenvalue weighted by Crippen LogP contribution is -2.27. The number of ether oxygens (including phenoxy) is 2. The maximum absolute atomic E-state index is 12.7. The summed E-state index contributed by atoms with van der Waals surface area (Å²) < 4.78 is 48.2. The zero-order valence-corrected chi connectivity index (χ0v) is 17.3. The van der Waals surface area contributed by atoms with E-state index >= 15 is 0 Å². The van der Waals surface area contributed by atoms with Crippen LogP contribution in [0.5, 0.6) is 11.5 Å². The van der Waals surface area contributed by atoms with Crippen LogP contribution in [0, 0.1) is 0 Å². The molecular weight excluding hydrogens is 490 g/mol. The summed E-state index contributed by atoms with van der Waals surface area (Å²) in [6.07, 6.45) is -5.49. The molecule has 0 amide bonds. The Balaban J connectivity index is 0.00000392. The summed E-state index contributed by atoms with van der Waals surface area (Å²) in [5, 5.41) is 12.7. The summed E-state index contributed by atoms with van der Waals surface area (Å²) in [5.74, 6) is 0.721. The van der Waals surface area contributed by atoms with Crippen molar-refractivity contribution < 1.29 is 27.8 Å². The molecule has 2 rings (SSSR count). The molecule has 4 N–H and O–H groups in total. The third-order valence-corrected chi connectivity index (χ3v) is 3.42. The number of aliphatic imine (C=N–C) groups is 1. The molecule has 0 heterocycles. The second kappa shape index (κ2) is 11.0. The van der Waals surface area contributed by atoms with Crippen molar-refractivity contribution in [3.8, 4) is 11.5 Å². The molecule has 6 nitrogen and oxygen atoms in total. The van der Waals surface area contributed by atoms with Gasteiger partial charge in [-0.3, -0.25) is 4.99 Å². The average Bonchev–Trinajstić information content (AvgIpc) is 2.64. The fourth-order valence-corrected chi connectivity index (χ4v) is 2.10. The van der Waals surface area contributed by atoms with Crippen LogP contribution >= 0.6 is 24.0 Å². The van der Waals surface area contributed by atoms with Gasteiger partial charge in [0.2, 0.25) is 0 Å². The van der Waals surface area contributed by atoms with E-state index in [-0.39, 0.29) is 48.8 Å². The Kier molecular flexibility index (Phi) is 9.32. The van der Waals surface area contributed by atoms with Crippen LogP contribution in [0.3, 0.4) is 0 Å². The van der Waals surface area contributed by atoms with Crippen molar-refractivity contribution in [2.24, 2.45) is 10.7 Å². The lowest BCUT2D eigenvalue weighted by Gasteiger charge is -2.13. The number of benzene rings is 2. The first-order valence-corrected chi connectivity index (χ1v) is 7.97. The quantitative estimate of drug-likeness (QED) is 0.301. The number of nitrogens with one attached hydrogen (secondary N) is 1. The Labute approximate surface area is 177 Å². The molecule has 1 atom stereocenters. The van der Waals surface area contributed by atoms with Gasteiger partial charge in [0.05, 0.1) is 19.2 Å². The van der Waals surface area contributed by atoms with E-state index in [9.17, 15) is 18.3 Å². The first kappa shape index (κ1) is 23.8. The Hall–Kier alpha value is -2.21. The van der Waals surface area contributed by atoms with Crippen molar-refractivity contribution in [3.63, 3.8) is 0 Å². The molecule has 0 aliphatic rings. The molecule has 2 aromatic carbocycles. The molecule has 10 heteroatoms. The second-order valence-electron chi connectivity index (χ2n) is 5.57. The van der Waals surface area contributed by atoms with Gasteiger partial charge in [-0.15, -0.1) is 24.0 Å². The molecule has 0 bridgehead atoms. The van der Waals surface area contributed by atoms with Crippen molar-refractivity contribution in [1.29, 1.82) is 0 Å². The molecule has 2 aromatic rings. The van der Waals surface area contributed by atoms with Crippen LogP contribution in [0.25, 0.3) is 0 Å². The van der Waals surface area contributed by atoms with E-state index < -0.39 is 17.8 Å². The monoisotopic (exact) mass is 511 g/mol. The molecule has 28 heavy (non-hydrogen) atoms. The molecule has 0 aliphatic carbocycles. The van der Waals surface area contributed by atoms with Crippen LogP contribution in [0.2, 0.25) is 0 Å². The molecule has 0 radical (unpaired) electrons. The summed E-state index contributed by atoms with van der Waals surface area (Å²) in [6.45, 7) is -0.307. The zero-order valence-electron chi connectivity index (χ0n) is 14.9.